The molecular formula is C12H19N. The van der Waals surface area contributed by atoms with E-state index in [9.17, 15) is 0 Å². The van der Waals surface area contributed by atoms with Gasteiger partial charge in [-0.3, -0.25) is 0 Å². The summed E-state index contributed by atoms with van der Waals surface area (Å²) in [4.78, 5) is 0. The molecule has 72 valence electrons. The summed E-state index contributed by atoms with van der Waals surface area (Å²) in [5, 5.41) is 3.14. The van der Waals surface area contributed by atoms with Crippen molar-refractivity contribution in [3.8, 4) is 0 Å². The Hall–Kier alpha value is -1.24. The third-order valence-corrected chi connectivity index (χ3v) is 1.63. The fourth-order valence-electron chi connectivity index (χ4n) is 0.781. The molecule has 1 heteroatoms. The summed E-state index contributed by atoms with van der Waals surface area (Å²) in [7, 11) is 0. The van der Waals surface area contributed by atoms with Crippen molar-refractivity contribution >= 4 is 0 Å². The lowest BCUT2D eigenvalue weighted by Gasteiger charge is -1.96. The minimum atomic E-state index is 1.16. The molecule has 0 aliphatic heterocycles. The van der Waals surface area contributed by atoms with E-state index in [0.717, 1.165) is 5.70 Å². The molecule has 0 rings (SSSR count). The summed E-state index contributed by atoms with van der Waals surface area (Å²) >= 11 is 0. The van der Waals surface area contributed by atoms with E-state index in [1.807, 2.05) is 45.2 Å². The second-order valence-electron chi connectivity index (χ2n) is 2.89. The van der Waals surface area contributed by atoms with Crippen molar-refractivity contribution in [3.05, 3.63) is 47.9 Å². The standard InChI is InChI=1S/C12H19N/c1-5-8-11(3)9-7-10-13-12(4)6-2/h5-10,13H,1-4H3/b8-5-,10-7+,11-9-,12-6+. The van der Waals surface area contributed by atoms with Gasteiger partial charge in [0.25, 0.3) is 0 Å². The fourth-order valence-corrected chi connectivity index (χ4v) is 0.781. The summed E-state index contributed by atoms with van der Waals surface area (Å²) in [5.74, 6) is 0. The lowest BCUT2D eigenvalue weighted by molar-refractivity contribution is 1.05. The molecule has 0 aliphatic rings. The molecular weight excluding hydrogens is 158 g/mol. The number of hydrogen-bond donors (Lipinski definition) is 1. The number of nitrogens with one attached hydrogen (secondary N) is 1. The largest absolute Gasteiger partial charge is 0.366 e. The zero-order valence-corrected chi connectivity index (χ0v) is 8.96. The zero-order valence-electron chi connectivity index (χ0n) is 8.96. The van der Waals surface area contributed by atoms with Crippen LogP contribution < -0.4 is 5.32 Å². The molecule has 0 unspecified atom stereocenters. The van der Waals surface area contributed by atoms with Crippen LogP contribution in [0.4, 0.5) is 0 Å². The highest BCUT2D eigenvalue weighted by atomic mass is 14.8. The van der Waals surface area contributed by atoms with Gasteiger partial charge in [-0.25, -0.2) is 0 Å². The Morgan fingerprint density at radius 2 is 1.85 bits per heavy atom. The Morgan fingerprint density at radius 1 is 1.15 bits per heavy atom. The first kappa shape index (κ1) is 11.8. The molecule has 0 aromatic rings. The van der Waals surface area contributed by atoms with Crippen LogP contribution in [0.2, 0.25) is 0 Å². The molecule has 0 aliphatic carbocycles. The summed E-state index contributed by atoms with van der Waals surface area (Å²) in [6, 6.07) is 0. The normalized spacial score (nSPS) is 14.5. The van der Waals surface area contributed by atoms with Crippen LogP contribution in [0.15, 0.2) is 47.9 Å². The van der Waals surface area contributed by atoms with Crippen molar-refractivity contribution in [1.29, 1.82) is 0 Å². The van der Waals surface area contributed by atoms with E-state index in [0.29, 0.717) is 0 Å². The van der Waals surface area contributed by atoms with Crippen LogP contribution in [0.5, 0.6) is 0 Å². The zero-order chi connectivity index (χ0) is 10.1. The molecule has 0 bridgehead atoms. The Bertz CT molecular complexity index is 242. The van der Waals surface area contributed by atoms with E-state index in [4.69, 9.17) is 0 Å². The van der Waals surface area contributed by atoms with E-state index in [2.05, 4.69) is 24.4 Å². The van der Waals surface area contributed by atoms with Crippen molar-refractivity contribution in [2.75, 3.05) is 0 Å². The SMILES string of the molecule is C\C=C/C(C)=C\C=C\N/C(C)=C/C. The van der Waals surface area contributed by atoms with E-state index < -0.39 is 0 Å². The third-order valence-electron chi connectivity index (χ3n) is 1.63. The van der Waals surface area contributed by atoms with Gasteiger partial charge in [-0.15, -0.1) is 0 Å². The van der Waals surface area contributed by atoms with Crippen LogP contribution >= 0.6 is 0 Å². The van der Waals surface area contributed by atoms with Crippen LogP contribution in [0.3, 0.4) is 0 Å². The number of allylic oxidation sites excluding steroid dienone is 7. The Morgan fingerprint density at radius 3 is 2.38 bits per heavy atom. The van der Waals surface area contributed by atoms with Gasteiger partial charge in [0.2, 0.25) is 0 Å². The maximum Gasteiger partial charge on any atom is 0.00714 e. The highest BCUT2D eigenvalue weighted by Gasteiger charge is 1.78. The van der Waals surface area contributed by atoms with E-state index in [1.165, 1.54) is 5.57 Å². The van der Waals surface area contributed by atoms with Crippen molar-refractivity contribution in [3.63, 3.8) is 0 Å². The van der Waals surface area contributed by atoms with Crippen molar-refractivity contribution in [1.82, 2.24) is 5.32 Å². The smallest absolute Gasteiger partial charge is 0.00714 e. The summed E-state index contributed by atoms with van der Waals surface area (Å²) in [5.41, 5.74) is 2.41. The molecule has 0 amide bonds. The Balaban J connectivity index is 3.94. The van der Waals surface area contributed by atoms with Gasteiger partial charge < -0.3 is 5.32 Å². The van der Waals surface area contributed by atoms with Gasteiger partial charge in [-0.05, 0) is 33.8 Å². The van der Waals surface area contributed by atoms with E-state index in [1.54, 1.807) is 0 Å². The summed E-state index contributed by atoms with van der Waals surface area (Å²) in [6.07, 6.45) is 12.1. The van der Waals surface area contributed by atoms with Gasteiger partial charge in [-0.1, -0.05) is 29.9 Å². The van der Waals surface area contributed by atoms with E-state index in [-0.39, 0.29) is 0 Å². The monoisotopic (exact) mass is 177 g/mol. The molecule has 0 spiro atoms. The average Bonchev–Trinajstić information content (AvgIpc) is 2.12. The molecule has 0 fully saturated rings. The van der Waals surface area contributed by atoms with Crippen LogP contribution in [0.25, 0.3) is 0 Å². The lowest BCUT2D eigenvalue weighted by Crippen LogP contribution is -1.99. The first-order chi connectivity index (χ1) is 6.20. The molecule has 0 heterocycles. The van der Waals surface area contributed by atoms with Crippen LogP contribution in [-0.2, 0) is 0 Å². The van der Waals surface area contributed by atoms with Gasteiger partial charge in [0, 0.05) is 11.9 Å². The van der Waals surface area contributed by atoms with Gasteiger partial charge in [0.1, 0.15) is 0 Å². The first-order valence-corrected chi connectivity index (χ1v) is 4.56. The van der Waals surface area contributed by atoms with Crippen LogP contribution in [0, 0.1) is 0 Å². The van der Waals surface area contributed by atoms with Crippen molar-refractivity contribution in [2.45, 2.75) is 27.7 Å². The lowest BCUT2D eigenvalue weighted by atomic mass is 10.2. The molecule has 0 saturated carbocycles. The fraction of sp³-hybridized carbons (Fsp3) is 0.333. The minimum Gasteiger partial charge on any atom is -0.366 e. The van der Waals surface area contributed by atoms with Crippen molar-refractivity contribution < 1.29 is 0 Å². The van der Waals surface area contributed by atoms with Gasteiger partial charge in [-0.2, -0.15) is 0 Å². The highest BCUT2D eigenvalue weighted by Crippen LogP contribution is 1.94. The van der Waals surface area contributed by atoms with Gasteiger partial charge >= 0.3 is 0 Å². The summed E-state index contributed by atoms with van der Waals surface area (Å²) < 4.78 is 0. The molecule has 0 radical (unpaired) electrons. The number of hydrogen-bond acceptors (Lipinski definition) is 1. The Labute approximate surface area is 81.5 Å². The molecule has 0 aromatic heterocycles. The molecule has 1 nitrogen and oxygen atoms in total. The summed E-state index contributed by atoms with van der Waals surface area (Å²) in [6.45, 7) is 8.14. The quantitative estimate of drug-likeness (QED) is 0.648. The molecule has 0 atom stereocenters. The molecule has 0 aromatic carbocycles. The van der Waals surface area contributed by atoms with Crippen molar-refractivity contribution in [2.24, 2.45) is 0 Å². The predicted octanol–water partition coefficient (Wildman–Crippen LogP) is 3.54. The Kier molecular flexibility index (Phi) is 6.70. The maximum absolute atomic E-state index is 3.14. The third kappa shape index (κ3) is 7.13. The number of rotatable bonds is 4. The molecule has 1 N–H and O–H groups in total. The molecule has 13 heavy (non-hydrogen) atoms. The second kappa shape index (κ2) is 7.41. The predicted molar refractivity (Wildman–Crippen MR) is 60.3 cm³/mol. The first-order valence-electron chi connectivity index (χ1n) is 4.56. The van der Waals surface area contributed by atoms with E-state index >= 15 is 0 Å². The van der Waals surface area contributed by atoms with Gasteiger partial charge in [0.05, 0.1) is 0 Å². The maximum atomic E-state index is 3.14. The van der Waals surface area contributed by atoms with Crippen LogP contribution in [0.1, 0.15) is 27.7 Å². The topological polar surface area (TPSA) is 12.0 Å². The average molecular weight is 177 g/mol. The highest BCUT2D eigenvalue weighted by molar-refractivity contribution is 5.21. The second-order valence-corrected chi connectivity index (χ2v) is 2.89. The van der Waals surface area contributed by atoms with Gasteiger partial charge in [0.15, 0.2) is 0 Å². The minimum absolute atomic E-state index is 1.16. The van der Waals surface area contributed by atoms with Crippen LogP contribution in [-0.4, -0.2) is 0 Å². The molecule has 0 saturated heterocycles.